The van der Waals surface area contributed by atoms with Crippen LogP contribution in [0.2, 0.25) is 0 Å². The molecular formula is C23H46NO3+. The Kier molecular flexibility index (Phi) is 15.4. The number of hydrogen-bond acceptors (Lipinski definition) is 2. The molecule has 4 heteroatoms. The van der Waals surface area contributed by atoms with Gasteiger partial charge >= 0.3 is 5.97 Å². The molecule has 0 aromatic rings. The van der Waals surface area contributed by atoms with Gasteiger partial charge in [-0.25, -0.2) is 4.79 Å². The van der Waals surface area contributed by atoms with Gasteiger partial charge in [0.1, 0.15) is 12.3 Å². The summed E-state index contributed by atoms with van der Waals surface area (Å²) in [5.41, 5.74) is 0. The SMILES string of the molecule is CCCCC/C=C(\O)C[N+](CCCCC)(CCCCC)C(CCC)C(=O)O. The lowest BCUT2D eigenvalue weighted by Crippen LogP contribution is -2.60. The molecular weight excluding hydrogens is 338 g/mol. The number of aliphatic hydroxyl groups is 1. The molecule has 0 rings (SSSR count). The average molecular weight is 385 g/mol. The van der Waals surface area contributed by atoms with Crippen LogP contribution in [0.4, 0.5) is 0 Å². The Hall–Kier alpha value is -1.03. The van der Waals surface area contributed by atoms with Crippen molar-refractivity contribution in [2.75, 3.05) is 19.6 Å². The van der Waals surface area contributed by atoms with Gasteiger partial charge in [-0.15, -0.1) is 0 Å². The normalized spacial score (nSPS) is 13.7. The first kappa shape index (κ1) is 26.0. The Morgan fingerprint density at radius 2 is 1.33 bits per heavy atom. The number of allylic oxidation sites excluding steroid dienone is 1. The van der Waals surface area contributed by atoms with Crippen LogP contribution in [0, 0.1) is 0 Å². The Morgan fingerprint density at radius 3 is 1.78 bits per heavy atom. The van der Waals surface area contributed by atoms with Crippen LogP contribution in [0.15, 0.2) is 11.8 Å². The van der Waals surface area contributed by atoms with E-state index in [1.54, 1.807) is 0 Å². The van der Waals surface area contributed by atoms with Crippen molar-refractivity contribution in [1.29, 1.82) is 0 Å². The van der Waals surface area contributed by atoms with Crippen LogP contribution in [0.25, 0.3) is 0 Å². The fraction of sp³-hybridized carbons (Fsp3) is 0.870. The van der Waals surface area contributed by atoms with Crippen LogP contribution < -0.4 is 0 Å². The first-order valence-corrected chi connectivity index (χ1v) is 11.4. The Bertz CT molecular complexity index is 396. The number of carboxylic acid groups (broad SMARTS) is 1. The molecule has 0 saturated heterocycles. The third-order valence-corrected chi connectivity index (χ3v) is 5.59. The molecule has 0 fully saturated rings. The van der Waals surface area contributed by atoms with E-state index >= 15 is 0 Å². The van der Waals surface area contributed by atoms with E-state index in [9.17, 15) is 15.0 Å². The molecule has 0 aliphatic carbocycles. The summed E-state index contributed by atoms with van der Waals surface area (Å²) in [5, 5.41) is 20.6. The summed E-state index contributed by atoms with van der Waals surface area (Å²) in [7, 11) is 0. The second-order valence-corrected chi connectivity index (χ2v) is 8.07. The van der Waals surface area contributed by atoms with E-state index in [1.807, 2.05) is 6.08 Å². The second kappa shape index (κ2) is 16.0. The Morgan fingerprint density at radius 1 is 0.815 bits per heavy atom. The molecule has 4 nitrogen and oxygen atoms in total. The molecule has 0 bridgehead atoms. The van der Waals surface area contributed by atoms with Crippen molar-refractivity contribution in [3.63, 3.8) is 0 Å². The summed E-state index contributed by atoms with van der Waals surface area (Å²) >= 11 is 0. The molecule has 27 heavy (non-hydrogen) atoms. The fourth-order valence-electron chi connectivity index (χ4n) is 4.00. The maximum absolute atomic E-state index is 12.2. The number of nitrogens with zero attached hydrogens (tertiary/aromatic N) is 1. The zero-order valence-corrected chi connectivity index (χ0v) is 18.5. The highest BCUT2D eigenvalue weighted by atomic mass is 16.4. The Balaban J connectivity index is 5.52. The molecule has 0 aliphatic heterocycles. The summed E-state index contributed by atoms with van der Waals surface area (Å²) < 4.78 is 0.513. The van der Waals surface area contributed by atoms with Gasteiger partial charge in [-0.05, 0) is 51.0 Å². The number of unbranched alkanes of at least 4 members (excludes halogenated alkanes) is 7. The van der Waals surface area contributed by atoms with Gasteiger partial charge in [0.2, 0.25) is 0 Å². The lowest BCUT2D eigenvalue weighted by Gasteiger charge is -2.43. The van der Waals surface area contributed by atoms with E-state index < -0.39 is 12.0 Å². The van der Waals surface area contributed by atoms with Crippen molar-refractivity contribution >= 4 is 5.97 Å². The van der Waals surface area contributed by atoms with Crippen molar-refractivity contribution in [3.05, 3.63) is 11.8 Å². The van der Waals surface area contributed by atoms with Crippen molar-refractivity contribution in [2.45, 2.75) is 111 Å². The largest absolute Gasteiger partial charge is 0.507 e. The molecule has 2 N–H and O–H groups in total. The van der Waals surface area contributed by atoms with Gasteiger partial charge in [-0.1, -0.05) is 53.4 Å². The average Bonchev–Trinajstić information content (AvgIpc) is 2.63. The highest BCUT2D eigenvalue weighted by Crippen LogP contribution is 2.25. The number of rotatable bonds is 18. The minimum Gasteiger partial charge on any atom is -0.507 e. The van der Waals surface area contributed by atoms with Gasteiger partial charge in [0.05, 0.1) is 13.1 Å². The molecule has 0 saturated carbocycles. The first-order valence-electron chi connectivity index (χ1n) is 11.4. The predicted octanol–water partition coefficient (Wildman–Crippen LogP) is 6.46. The lowest BCUT2D eigenvalue weighted by atomic mass is 10.0. The van der Waals surface area contributed by atoms with E-state index in [-0.39, 0.29) is 0 Å². The summed E-state index contributed by atoms with van der Waals surface area (Å²) in [6, 6.07) is -0.421. The van der Waals surface area contributed by atoms with Crippen LogP contribution in [0.1, 0.15) is 105 Å². The molecule has 1 atom stereocenters. The van der Waals surface area contributed by atoms with Crippen molar-refractivity contribution in [1.82, 2.24) is 0 Å². The van der Waals surface area contributed by atoms with E-state index in [4.69, 9.17) is 0 Å². The molecule has 0 radical (unpaired) electrons. The third-order valence-electron chi connectivity index (χ3n) is 5.59. The quantitative estimate of drug-likeness (QED) is 0.162. The molecule has 0 heterocycles. The van der Waals surface area contributed by atoms with Crippen LogP contribution in [0.3, 0.4) is 0 Å². The van der Waals surface area contributed by atoms with Crippen LogP contribution in [0.5, 0.6) is 0 Å². The Labute approximate surface area is 168 Å². The maximum atomic E-state index is 12.2. The van der Waals surface area contributed by atoms with Crippen LogP contribution in [-0.2, 0) is 4.79 Å². The van der Waals surface area contributed by atoms with Gasteiger partial charge in [-0.3, -0.25) is 0 Å². The van der Waals surface area contributed by atoms with E-state index in [0.29, 0.717) is 23.2 Å². The van der Waals surface area contributed by atoms with Crippen molar-refractivity contribution < 1.29 is 19.5 Å². The highest BCUT2D eigenvalue weighted by molar-refractivity contribution is 5.72. The van der Waals surface area contributed by atoms with Gasteiger partial charge in [-0.2, -0.15) is 0 Å². The second-order valence-electron chi connectivity index (χ2n) is 8.07. The fourth-order valence-corrected chi connectivity index (χ4v) is 4.00. The number of aliphatic hydroxyl groups excluding tert-OH is 1. The number of carboxylic acids is 1. The molecule has 0 amide bonds. The van der Waals surface area contributed by atoms with Gasteiger partial charge < -0.3 is 14.7 Å². The predicted molar refractivity (Wildman–Crippen MR) is 115 cm³/mol. The van der Waals surface area contributed by atoms with Crippen molar-refractivity contribution in [2.24, 2.45) is 0 Å². The zero-order chi connectivity index (χ0) is 20.5. The van der Waals surface area contributed by atoms with Gasteiger partial charge in [0, 0.05) is 6.42 Å². The smallest absolute Gasteiger partial charge is 0.362 e. The summed E-state index contributed by atoms with van der Waals surface area (Å²) in [6.07, 6.45) is 14.3. The minimum absolute atomic E-state index is 0.390. The molecule has 0 spiro atoms. The van der Waals surface area contributed by atoms with E-state index in [1.165, 1.54) is 12.8 Å². The molecule has 160 valence electrons. The molecule has 0 aromatic heterocycles. The van der Waals surface area contributed by atoms with Crippen LogP contribution in [-0.4, -0.2) is 46.3 Å². The maximum Gasteiger partial charge on any atom is 0.362 e. The van der Waals surface area contributed by atoms with Gasteiger partial charge in [0.25, 0.3) is 0 Å². The number of hydrogen-bond donors (Lipinski definition) is 2. The van der Waals surface area contributed by atoms with E-state index in [2.05, 4.69) is 27.7 Å². The third kappa shape index (κ3) is 10.8. The molecule has 0 aliphatic rings. The number of carbonyl (C=O) groups is 1. The first-order chi connectivity index (χ1) is 13.0. The summed E-state index contributed by atoms with van der Waals surface area (Å²) in [6.45, 7) is 10.8. The molecule has 0 aromatic carbocycles. The monoisotopic (exact) mass is 384 g/mol. The summed E-state index contributed by atoms with van der Waals surface area (Å²) in [4.78, 5) is 12.2. The van der Waals surface area contributed by atoms with Crippen LogP contribution >= 0.6 is 0 Å². The number of quaternary nitrogens is 1. The lowest BCUT2D eigenvalue weighted by molar-refractivity contribution is -0.941. The highest BCUT2D eigenvalue weighted by Gasteiger charge is 2.41. The standard InChI is InChI=1S/C23H45NO3/c1-5-9-12-13-17-21(25)20-24(18-14-10-6-2,19-15-11-7-3)22(16-8-4)23(26)27/h17,22H,5-16,18-20H2,1-4H3,(H-,25,26,27)/p+1/b21-17-. The van der Waals surface area contributed by atoms with Gasteiger partial charge in [0.15, 0.2) is 6.04 Å². The van der Waals surface area contributed by atoms with Crippen molar-refractivity contribution in [3.8, 4) is 0 Å². The zero-order valence-electron chi connectivity index (χ0n) is 18.5. The summed E-state index contributed by atoms with van der Waals surface area (Å²) in [5.74, 6) is -0.315. The minimum atomic E-state index is -0.705. The molecule has 1 unspecified atom stereocenters. The number of aliphatic carboxylic acids is 1. The van der Waals surface area contributed by atoms with E-state index in [0.717, 1.165) is 70.9 Å². The topological polar surface area (TPSA) is 57.5 Å².